The second-order valence-corrected chi connectivity index (χ2v) is 7.69. The predicted molar refractivity (Wildman–Crippen MR) is 101 cm³/mol. The maximum atomic E-state index is 13.1. The lowest BCUT2D eigenvalue weighted by Crippen LogP contribution is -2.33. The van der Waals surface area contributed by atoms with E-state index in [0.717, 1.165) is 32.1 Å². The summed E-state index contributed by atoms with van der Waals surface area (Å²) < 4.78 is 14.1. The van der Waals surface area contributed by atoms with Gasteiger partial charge in [0.05, 0.1) is 16.0 Å². The molecule has 1 N–H and O–H groups in total. The predicted octanol–water partition coefficient (Wildman–Crippen LogP) is 4.50. The summed E-state index contributed by atoms with van der Waals surface area (Å²) in [5, 5.41) is 3.74. The largest absolute Gasteiger partial charge is 0.353 e. The number of hydrogen-bond donors (Lipinski definition) is 1. The quantitative estimate of drug-likeness (QED) is 0.509. The Morgan fingerprint density at radius 1 is 1.32 bits per heavy atom. The molecule has 0 spiro atoms. The second kappa shape index (κ2) is 7.93. The summed E-state index contributed by atoms with van der Waals surface area (Å²) in [4.78, 5) is 21.6. The summed E-state index contributed by atoms with van der Waals surface area (Å²) >= 11 is 2.96. The van der Waals surface area contributed by atoms with Crippen molar-refractivity contribution >= 4 is 39.2 Å². The molecule has 0 fully saturated rings. The second-order valence-electron chi connectivity index (χ2n) is 5.68. The summed E-state index contributed by atoms with van der Waals surface area (Å²) in [7, 11) is 0. The van der Waals surface area contributed by atoms with Crippen LogP contribution in [0.2, 0.25) is 0 Å². The van der Waals surface area contributed by atoms with Crippen molar-refractivity contribution in [2.75, 3.05) is 5.75 Å². The molecule has 3 rings (SSSR count). The molecule has 3 aromatic rings. The van der Waals surface area contributed by atoms with Gasteiger partial charge in [0.25, 0.3) is 0 Å². The van der Waals surface area contributed by atoms with Gasteiger partial charge in [-0.3, -0.25) is 4.79 Å². The number of aromatic nitrogens is 2. The van der Waals surface area contributed by atoms with Crippen LogP contribution in [-0.2, 0) is 4.79 Å². The summed E-state index contributed by atoms with van der Waals surface area (Å²) in [5.41, 5.74) is 1.78. The normalized spacial score (nSPS) is 12.3. The van der Waals surface area contributed by atoms with Gasteiger partial charge in [-0.25, -0.2) is 14.4 Å². The Bertz CT molecular complexity index is 880. The molecule has 0 saturated heterocycles. The van der Waals surface area contributed by atoms with Crippen LogP contribution >= 0.6 is 23.1 Å². The average molecular weight is 375 g/mol. The van der Waals surface area contributed by atoms with Crippen LogP contribution in [0, 0.1) is 5.82 Å². The third-order valence-corrected chi connectivity index (χ3v) is 6.07. The Kier molecular flexibility index (Phi) is 5.65. The average Bonchev–Trinajstić information content (AvgIpc) is 3.05. The van der Waals surface area contributed by atoms with E-state index in [1.54, 1.807) is 23.5 Å². The van der Waals surface area contributed by atoms with Gasteiger partial charge in [-0.15, -0.1) is 11.3 Å². The van der Waals surface area contributed by atoms with Crippen molar-refractivity contribution < 1.29 is 9.18 Å². The number of rotatable bonds is 6. The van der Waals surface area contributed by atoms with Crippen molar-refractivity contribution in [1.82, 2.24) is 15.3 Å². The van der Waals surface area contributed by atoms with Crippen molar-refractivity contribution in [3.8, 4) is 10.4 Å². The highest BCUT2D eigenvalue weighted by Crippen LogP contribution is 2.36. The van der Waals surface area contributed by atoms with Gasteiger partial charge in [0.15, 0.2) is 0 Å². The first-order chi connectivity index (χ1) is 12.1. The van der Waals surface area contributed by atoms with Crippen LogP contribution in [0.1, 0.15) is 20.3 Å². The van der Waals surface area contributed by atoms with Crippen molar-refractivity contribution in [2.24, 2.45) is 0 Å². The minimum Gasteiger partial charge on any atom is -0.353 e. The van der Waals surface area contributed by atoms with Gasteiger partial charge in [0.2, 0.25) is 5.91 Å². The zero-order chi connectivity index (χ0) is 17.8. The van der Waals surface area contributed by atoms with Gasteiger partial charge in [0, 0.05) is 10.9 Å². The molecule has 130 valence electrons. The summed E-state index contributed by atoms with van der Waals surface area (Å²) in [5.74, 6) is 0.0647. The lowest BCUT2D eigenvalue weighted by Gasteiger charge is -2.10. The number of benzene rings is 1. The van der Waals surface area contributed by atoms with E-state index >= 15 is 0 Å². The van der Waals surface area contributed by atoms with Crippen molar-refractivity contribution in [3.63, 3.8) is 0 Å². The van der Waals surface area contributed by atoms with E-state index < -0.39 is 0 Å². The Labute approximate surface area is 153 Å². The van der Waals surface area contributed by atoms with Crippen molar-refractivity contribution in [1.29, 1.82) is 0 Å². The monoisotopic (exact) mass is 375 g/mol. The first-order valence-corrected chi connectivity index (χ1v) is 9.79. The lowest BCUT2D eigenvalue weighted by molar-refractivity contribution is -0.119. The molecule has 4 nitrogen and oxygen atoms in total. The van der Waals surface area contributed by atoms with Crippen LogP contribution < -0.4 is 5.32 Å². The van der Waals surface area contributed by atoms with Gasteiger partial charge in [-0.05, 0) is 37.1 Å². The first kappa shape index (κ1) is 17.8. The molecule has 1 atom stereocenters. The third-order valence-electron chi connectivity index (χ3n) is 3.77. The van der Waals surface area contributed by atoms with E-state index in [0.29, 0.717) is 5.75 Å². The van der Waals surface area contributed by atoms with Crippen LogP contribution in [0.25, 0.3) is 20.7 Å². The van der Waals surface area contributed by atoms with Gasteiger partial charge in [-0.1, -0.05) is 30.8 Å². The number of halogens is 1. The number of fused-ring (bicyclic) bond motifs is 1. The molecule has 1 aromatic carbocycles. The number of thioether (sulfide) groups is 1. The number of nitrogens with one attached hydrogen (secondary N) is 1. The smallest absolute Gasteiger partial charge is 0.230 e. The third kappa shape index (κ3) is 4.35. The van der Waals surface area contributed by atoms with E-state index in [1.807, 2.05) is 19.9 Å². The molecule has 0 radical (unpaired) electrons. The standard InChI is InChI=1S/C18H18FN3OS2/c1-3-11(2)22-16(23)9-24-18-17-14(20-10-21-18)8-15(25-17)12-4-6-13(19)7-5-12/h4-8,10-11H,3,9H2,1-2H3,(H,22,23). The summed E-state index contributed by atoms with van der Waals surface area (Å²) in [6.07, 6.45) is 2.42. The zero-order valence-electron chi connectivity index (χ0n) is 14.0. The number of carbonyl (C=O) groups is 1. The number of carbonyl (C=O) groups excluding carboxylic acids is 1. The van der Waals surface area contributed by atoms with Gasteiger partial charge in [0.1, 0.15) is 17.2 Å². The topological polar surface area (TPSA) is 54.9 Å². The Morgan fingerprint density at radius 3 is 2.80 bits per heavy atom. The van der Waals surface area contributed by atoms with Crippen LogP contribution in [-0.4, -0.2) is 27.7 Å². The summed E-state index contributed by atoms with van der Waals surface area (Å²) in [6, 6.07) is 8.53. The lowest BCUT2D eigenvalue weighted by atomic mass is 10.2. The van der Waals surface area contributed by atoms with Gasteiger partial charge in [-0.2, -0.15) is 0 Å². The molecule has 0 aliphatic rings. The zero-order valence-corrected chi connectivity index (χ0v) is 15.6. The highest BCUT2D eigenvalue weighted by Gasteiger charge is 2.13. The fourth-order valence-electron chi connectivity index (χ4n) is 2.24. The maximum absolute atomic E-state index is 13.1. The highest BCUT2D eigenvalue weighted by molar-refractivity contribution is 8.00. The minimum atomic E-state index is -0.256. The van der Waals surface area contributed by atoms with Crippen molar-refractivity contribution in [3.05, 3.63) is 42.5 Å². The van der Waals surface area contributed by atoms with E-state index in [2.05, 4.69) is 15.3 Å². The SMILES string of the molecule is CCC(C)NC(=O)CSc1ncnc2cc(-c3ccc(F)cc3)sc12. The number of thiophene rings is 1. The molecular formula is C18H18FN3OS2. The molecule has 0 bridgehead atoms. The van der Waals surface area contributed by atoms with E-state index in [4.69, 9.17) is 0 Å². The highest BCUT2D eigenvalue weighted by atomic mass is 32.2. The number of hydrogen-bond acceptors (Lipinski definition) is 5. The Hall–Kier alpha value is -1.99. The molecule has 2 aromatic heterocycles. The Morgan fingerprint density at radius 2 is 2.08 bits per heavy atom. The fourth-order valence-corrected chi connectivity index (χ4v) is 4.26. The minimum absolute atomic E-state index is 0.00132. The molecule has 1 amide bonds. The van der Waals surface area contributed by atoms with Gasteiger partial charge >= 0.3 is 0 Å². The van der Waals surface area contributed by atoms with E-state index in [9.17, 15) is 9.18 Å². The Balaban J connectivity index is 1.80. The van der Waals surface area contributed by atoms with Crippen LogP contribution in [0.15, 0.2) is 41.7 Å². The molecule has 0 aliphatic carbocycles. The molecule has 25 heavy (non-hydrogen) atoms. The molecule has 0 saturated carbocycles. The van der Waals surface area contributed by atoms with Crippen LogP contribution in [0.4, 0.5) is 4.39 Å². The molecule has 2 heterocycles. The number of nitrogens with zero attached hydrogens (tertiary/aromatic N) is 2. The first-order valence-electron chi connectivity index (χ1n) is 7.99. The summed E-state index contributed by atoms with van der Waals surface area (Å²) in [6.45, 7) is 4.02. The molecule has 7 heteroatoms. The maximum Gasteiger partial charge on any atom is 0.230 e. The number of amides is 1. The van der Waals surface area contributed by atoms with E-state index in [-0.39, 0.29) is 17.8 Å². The van der Waals surface area contributed by atoms with Gasteiger partial charge < -0.3 is 5.32 Å². The molecular weight excluding hydrogens is 357 g/mol. The van der Waals surface area contributed by atoms with E-state index in [1.165, 1.54) is 30.2 Å². The van der Waals surface area contributed by atoms with Crippen LogP contribution in [0.3, 0.4) is 0 Å². The molecule has 0 aliphatic heterocycles. The fraction of sp³-hybridized carbons (Fsp3) is 0.278. The van der Waals surface area contributed by atoms with Crippen molar-refractivity contribution in [2.45, 2.75) is 31.3 Å². The van der Waals surface area contributed by atoms with Crippen LogP contribution in [0.5, 0.6) is 0 Å². The molecule has 1 unspecified atom stereocenters.